The van der Waals surface area contributed by atoms with Crippen molar-refractivity contribution in [2.24, 2.45) is 11.5 Å². The summed E-state index contributed by atoms with van der Waals surface area (Å²) in [7, 11) is 0. The standard InChI is InChI=1S/2C9H11NO/c1-7(10)9(11)8-5-3-2-4-6-8;10-7-6-9(11)8-4-2-1-3-5-8/h2-7H,10H2,1H3;1-5H,6-7,10H2/t7-;/m0./s1. The minimum Gasteiger partial charge on any atom is -0.330 e. The molecular weight excluding hydrogens is 276 g/mol. The largest absolute Gasteiger partial charge is 0.330 e. The number of rotatable bonds is 5. The van der Waals surface area contributed by atoms with Gasteiger partial charge in [-0.05, 0) is 13.5 Å². The highest BCUT2D eigenvalue weighted by atomic mass is 16.1. The Balaban J connectivity index is 0.000000220. The molecule has 0 saturated carbocycles. The summed E-state index contributed by atoms with van der Waals surface area (Å²) in [6.07, 6.45) is 0.435. The SMILES string of the molecule is C[C@H](N)C(=O)c1ccccc1.NCCC(=O)c1ccccc1. The predicted molar refractivity (Wildman–Crippen MR) is 88.9 cm³/mol. The van der Waals surface area contributed by atoms with Gasteiger partial charge in [0.15, 0.2) is 11.6 Å². The minimum atomic E-state index is -0.405. The number of Topliss-reactive ketones (excluding diaryl/α,β-unsaturated/α-hetero) is 2. The lowest BCUT2D eigenvalue weighted by molar-refractivity contribution is 0.0965. The van der Waals surface area contributed by atoms with Crippen molar-refractivity contribution >= 4 is 11.6 Å². The van der Waals surface area contributed by atoms with Crippen molar-refractivity contribution < 1.29 is 9.59 Å². The first-order valence-electron chi connectivity index (χ1n) is 7.19. The molecule has 1 atom stereocenters. The molecule has 0 amide bonds. The van der Waals surface area contributed by atoms with E-state index in [-0.39, 0.29) is 11.6 Å². The molecule has 0 bridgehead atoms. The van der Waals surface area contributed by atoms with Crippen LogP contribution in [0.15, 0.2) is 60.7 Å². The molecular formula is C18H22N2O2. The maximum atomic E-state index is 11.2. The Morgan fingerprint density at radius 3 is 1.77 bits per heavy atom. The fraction of sp³-hybridized carbons (Fsp3) is 0.222. The second kappa shape index (κ2) is 9.60. The fourth-order valence-corrected chi connectivity index (χ4v) is 1.76. The van der Waals surface area contributed by atoms with Crippen molar-refractivity contribution in [1.82, 2.24) is 0 Å². The van der Waals surface area contributed by atoms with E-state index in [1.165, 1.54) is 0 Å². The van der Waals surface area contributed by atoms with Gasteiger partial charge < -0.3 is 11.5 Å². The van der Waals surface area contributed by atoms with Gasteiger partial charge in [0.1, 0.15) is 0 Å². The molecule has 4 N–H and O–H groups in total. The van der Waals surface area contributed by atoms with Crippen LogP contribution in [0.2, 0.25) is 0 Å². The van der Waals surface area contributed by atoms with Gasteiger partial charge in [0, 0.05) is 17.5 Å². The van der Waals surface area contributed by atoms with Crippen LogP contribution in [-0.2, 0) is 0 Å². The van der Waals surface area contributed by atoms with Gasteiger partial charge in [0.25, 0.3) is 0 Å². The van der Waals surface area contributed by atoms with Gasteiger partial charge >= 0.3 is 0 Å². The summed E-state index contributed by atoms with van der Waals surface area (Å²) in [5.74, 6) is 0.110. The van der Waals surface area contributed by atoms with E-state index in [1.807, 2.05) is 36.4 Å². The van der Waals surface area contributed by atoms with Crippen LogP contribution in [0, 0.1) is 0 Å². The summed E-state index contributed by atoms with van der Waals surface area (Å²) in [6.45, 7) is 2.11. The van der Waals surface area contributed by atoms with E-state index in [4.69, 9.17) is 11.5 Å². The Morgan fingerprint density at radius 1 is 0.909 bits per heavy atom. The third-order valence-corrected chi connectivity index (χ3v) is 2.94. The van der Waals surface area contributed by atoms with Crippen LogP contribution in [0.4, 0.5) is 0 Å². The molecule has 0 aromatic heterocycles. The quantitative estimate of drug-likeness (QED) is 0.830. The first-order valence-corrected chi connectivity index (χ1v) is 7.19. The van der Waals surface area contributed by atoms with E-state index >= 15 is 0 Å². The lowest BCUT2D eigenvalue weighted by atomic mass is 10.1. The van der Waals surface area contributed by atoms with Crippen LogP contribution >= 0.6 is 0 Å². The smallest absolute Gasteiger partial charge is 0.179 e. The number of carbonyl (C=O) groups is 2. The summed E-state index contributed by atoms with van der Waals surface area (Å²) in [5.41, 5.74) is 12.1. The van der Waals surface area contributed by atoms with Crippen molar-refractivity contribution in [3.63, 3.8) is 0 Å². The summed E-state index contributed by atoms with van der Waals surface area (Å²) in [5, 5.41) is 0. The molecule has 2 rings (SSSR count). The summed E-state index contributed by atoms with van der Waals surface area (Å²) < 4.78 is 0. The third-order valence-electron chi connectivity index (χ3n) is 2.94. The van der Waals surface area contributed by atoms with Crippen LogP contribution in [-0.4, -0.2) is 24.2 Å². The molecule has 0 unspecified atom stereocenters. The molecule has 2 aromatic rings. The molecule has 0 heterocycles. The molecule has 0 aliphatic rings. The van der Waals surface area contributed by atoms with Gasteiger partial charge in [-0.25, -0.2) is 0 Å². The zero-order chi connectivity index (χ0) is 16.4. The van der Waals surface area contributed by atoms with E-state index in [0.29, 0.717) is 18.5 Å². The molecule has 0 aliphatic carbocycles. The predicted octanol–water partition coefficient (Wildman–Crippen LogP) is 2.43. The number of nitrogens with two attached hydrogens (primary N) is 2. The number of hydrogen-bond donors (Lipinski definition) is 2. The van der Waals surface area contributed by atoms with Crippen molar-refractivity contribution in [2.75, 3.05) is 6.54 Å². The van der Waals surface area contributed by atoms with Crippen LogP contribution in [0.5, 0.6) is 0 Å². The molecule has 0 fully saturated rings. The highest BCUT2D eigenvalue weighted by molar-refractivity contribution is 5.99. The van der Waals surface area contributed by atoms with Gasteiger partial charge in [-0.15, -0.1) is 0 Å². The number of ketones is 2. The van der Waals surface area contributed by atoms with E-state index < -0.39 is 6.04 Å². The minimum absolute atomic E-state index is 0.00870. The molecule has 0 saturated heterocycles. The van der Waals surface area contributed by atoms with Gasteiger partial charge in [0.05, 0.1) is 6.04 Å². The second-order valence-corrected chi connectivity index (χ2v) is 4.85. The van der Waals surface area contributed by atoms with Crippen LogP contribution in [0.1, 0.15) is 34.1 Å². The maximum absolute atomic E-state index is 11.2. The number of benzene rings is 2. The van der Waals surface area contributed by atoms with E-state index in [9.17, 15) is 9.59 Å². The Bertz CT molecular complexity index is 581. The van der Waals surface area contributed by atoms with Gasteiger partial charge in [-0.2, -0.15) is 0 Å². The maximum Gasteiger partial charge on any atom is 0.179 e. The van der Waals surface area contributed by atoms with E-state index in [2.05, 4.69) is 0 Å². The van der Waals surface area contributed by atoms with Crippen molar-refractivity contribution in [3.05, 3.63) is 71.8 Å². The van der Waals surface area contributed by atoms with Crippen LogP contribution in [0.25, 0.3) is 0 Å². The Kier molecular flexibility index (Phi) is 7.75. The second-order valence-electron chi connectivity index (χ2n) is 4.85. The van der Waals surface area contributed by atoms with Crippen LogP contribution < -0.4 is 11.5 Å². The average Bonchev–Trinajstić information content (AvgIpc) is 2.56. The van der Waals surface area contributed by atoms with Crippen molar-refractivity contribution in [3.8, 4) is 0 Å². The molecule has 0 spiro atoms. The van der Waals surface area contributed by atoms with Gasteiger partial charge in [-0.3, -0.25) is 9.59 Å². The first kappa shape index (κ1) is 17.8. The molecule has 2 aromatic carbocycles. The van der Waals surface area contributed by atoms with E-state index in [1.54, 1.807) is 31.2 Å². The molecule has 0 radical (unpaired) electrons. The summed E-state index contributed by atoms with van der Waals surface area (Å²) in [6, 6.07) is 17.9. The lowest BCUT2D eigenvalue weighted by Gasteiger charge is -2.02. The van der Waals surface area contributed by atoms with Crippen LogP contribution in [0.3, 0.4) is 0 Å². The highest BCUT2D eigenvalue weighted by Gasteiger charge is 2.08. The Morgan fingerprint density at radius 2 is 1.36 bits per heavy atom. The molecule has 4 heteroatoms. The molecule has 0 aliphatic heterocycles. The number of carbonyl (C=O) groups excluding carboxylic acids is 2. The molecule has 116 valence electrons. The monoisotopic (exact) mass is 298 g/mol. The lowest BCUT2D eigenvalue weighted by Crippen LogP contribution is -2.26. The summed E-state index contributed by atoms with van der Waals surface area (Å²) in [4.78, 5) is 22.4. The zero-order valence-corrected chi connectivity index (χ0v) is 12.7. The Labute approximate surface area is 131 Å². The molecule has 4 nitrogen and oxygen atoms in total. The summed E-state index contributed by atoms with van der Waals surface area (Å²) >= 11 is 0. The van der Waals surface area contributed by atoms with Gasteiger partial charge in [0.2, 0.25) is 0 Å². The zero-order valence-electron chi connectivity index (χ0n) is 12.7. The number of hydrogen-bond acceptors (Lipinski definition) is 4. The van der Waals surface area contributed by atoms with Gasteiger partial charge in [-0.1, -0.05) is 60.7 Å². The normalized spacial score (nSPS) is 11.0. The van der Waals surface area contributed by atoms with Crippen molar-refractivity contribution in [1.29, 1.82) is 0 Å². The fourth-order valence-electron chi connectivity index (χ4n) is 1.76. The Hall–Kier alpha value is -2.30. The topological polar surface area (TPSA) is 86.2 Å². The third kappa shape index (κ3) is 5.99. The van der Waals surface area contributed by atoms with Crippen molar-refractivity contribution in [2.45, 2.75) is 19.4 Å². The molecule has 22 heavy (non-hydrogen) atoms. The average molecular weight is 298 g/mol. The highest BCUT2D eigenvalue weighted by Crippen LogP contribution is 2.02. The van der Waals surface area contributed by atoms with E-state index in [0.717, 1.165) is 5.56 Å². The first-order chi connectivity index (χ1) is 10.6.